The van der Waals surface area contributed by atoms with Gasteiger partial charge in [-0.3, -0.25) is 4.79 Å². The topological polar surface area (TPSA) is 29.5 Å². The van der Waals surface area contributed by atoms with Gasteiger partial charge in [0, 0.05) is 17.5 Å². The van der Waals surface area contributed by atoms with Crippen molar-refractivity contribution in [1.29, 1.82) is 0 Å². The zero-order valence-electron chi connectivity index (χ0n) is 10.8. The van der Waals surface area contributed by atoms with E-state index in [2.05, 4.69) is 11.9 Å². The van der Waals surface area contributed by atoms with E-state index in [-0.39, 0.29) is 11.7 Å². The molecule has 1 atom stereocenters. The zero-order chi connectivity index (χ0) is 13.1. The van der Waals surface area contributed by atoms with Crippen molar-refractivity contribution in [2.45, 2.75) is 12.8 Å². The average molecular weight is 268 g/mol. The van der Waals surface area contributed by atoms with Gasteiger partial charge in [0.15, 0.2) is 5.78 Å². The highest BCUT2D eigenvalue weighted by Gasteiger charge is 2.26. The van der Waals surface area contributed by atoms with Crippen LogP contribution in [0.4, 0.5) is 0 Å². The molecule has 4 heteroatoms. The van der Waals surface area contributed by atoms with E-state index in [0.717, 1.165) is 25.9 Å². The summed E-state index contributed by atoms with van der Waals surface area (Å²) in [5.41, 5.74) is 0.602. The summed E-state index contributed by atoms with van der Waals surface area (Å²) in [7, 11) is 3.63. The van der Waals surface area contributed by atoms with Crippen molar-refractivity contribution in [3.05, 3.63) is 28.8 Å². The van der Waals surface area contributed by atoms with Crippen LogP contribution in [-0.4, -0.2) is 37.9 Å². The number of piperidine rings is 1. The largest absolute Gasteiger partial charge is 0.496 e. The van der Waals surface area contributed by atoms with Crippen LogP contribution in [0.1, 0.15) is 23.2 Å². The molecule has 1 aliphatic rings. The number of Topliss-reactive ketones (excluding diaryl/α,β-unsaturated/α-hetero) is 1. The van der Waals surface area contributed by atoms with E-state index in [1.165, 1.54) is 0 Å². The quantitative estimate of drug-likeness (QED) is 0.789. The van der Waals surface area contributed by atoms with Crippen LogP contribution >= 0.6 is 11.6 Å². The smallest absolute Gasteiger partial charge is 0.170 e. The van der Waals surface area contributed by atoms with E-state index >= 15 is 0 Å². The van der Waals surface area contributed by atoms with Gasteiger partial charge in [0.2, 0.25) is 0 Å². The third-order valence-electron chi connectivity index (χ3n) is 3.42. The van der Waals surface area contributed by atoms with Crippen LogP contribution in [0.25, 0.3) is 0 Å². The molecule has 18 heavy (non-hydrogen) atoms. The second-order valence-corrected chi connectivity index (χ2v) is 5.25. The molecule has 98 valence electrons. The maximum absolute atomic E-state index is 12.5. The Bertz CT molecular complexity index is 447. The molecule has 0 aliphatic carbocycles. The predicted molar refractivity (Wildman–Crippen MR) is 72.6 cm³/mol. The molecular weight excluding hydrogens is 250 g/mol. The molecule has 1 fully saturated rings. The van der Waals surface area contributed by atoms with E-state index in [0.29, 0.717) is 16.3 Å². The Morgan fingerprint density at radius 2 is 2.28 bits per heavy atom. The van der Waals surface area contributed by atoms with Crippen LogP contribution in [0, 0.1) is 5.92 Å². The molecule has 0 saturated carbocycles. The number of carbonyl (C=O) groups excluding carboxylic acids is 1. The molecule has 0 spiro atoms. The summed E-state index contributed by atoms with van der Waals surface area (Å²) in [5, 5.41) is 0.573. The molecule has 0 amide bonds. The first-order valence-corrected chi connectivity index (χ1v) is 6.56. The van der Waals surface area contributed by atoms with Crippen molar-refractivity contribution >= 4 is 17.4 Å². The van der Waals surface area contributed by atoms with Crippen molar-refractivity contribution in [2.24, 2.45) is 5.92 Å². The number of likely N-dealkylation sites (tertiary alicyclic amines) is 1. The van der Waals surface area contributed by atoms with Gasteiger partial charge in [-0.05, 0) is 44.6 Å². The first kappa shape index (κ1) is 13.4. The molecule has 0 unspecified atom stereocenters. The summed E-state index contributed by atoms with van der Waals surface area (Å²) < 4.78 is 5.25. The fraction of sp³-hybridized carbons (Fsp3) is 0.500. The number of rotatable bonds is 3. The Morgan fingerprint density at radius 3 is 2.94 bits per heavy atom. The minimum absolute atomic E-state index is 0.0520. The van der Waals surface area contributed by atoms with Crippen molar-refractivity contribution in [2.75, 3.05) is 27.2 Å². The van der Waals surface area contributed by atoms with Gasteiger partial charge in [-0.15, -0.1) is 0 Å². The maximum Gasteiger partial charge on any atom is 0.170 e. The van der Waals surface area contributed by atoms with Crippen LogP contribution < -0.4 is 4.74 Å². The van der Waals surface area contributed by atoms with Crippen LogP contribution in [0.15, 0.2) is 18.2 Å². The van der Waals surface area contributed by atoms with Gasteiger partial charge in [0.05, 0.1) is 12.7 Å². The Kier molecular flexibility index (Phi) is 4.25. The minimum Gasteiger partial charge on any atom is -0.496 e. The number of hydrogen-bond acceptors (Lipinski definition) is 3. The molecule has 1 aliphatic heterocycles. The summed E-state index contributed by atoms with van der Waals surface area (Å²) >= 11 is 5.97. The van der Waals surface area contributed by atoms with Gasteiger partial charge >= 0.3 is 0 Å². The number of benzene rings is 1. The van der Waals surface area contributed by atoms with Crippen molar-refractivity contribution in [3.8, 4) is 5.75 Å². The highest BCUT2D eigenvalue weighted by molar-refractivity contribution is 6.31. The highest BCUT2D eigenvalue weighted by Crippen LogP contribution is 2.28. The Hall–Kier alpha value is -1.06. The molecule has 0 radical (unpaired) electrons. The molecule has 0 N–H and O–H groups in total. The second-order valence-electron chi connectivity index (χ2n) is 4.81. The van der Waals surface area contributed by atoms with E-state index < -0.39 is 0 Å². The van der Waals surface area contributed by atoms with Gasteiger partial charge in [0.1, 0.15) is 5.75 Å². The van der Waals surface area contributed by atoms with Crippen molar-refractivity contribution in [3.63, 3.8) is 0 Å². The van der Waals surface area contributed by atoms with Crippen LogP contribution in [-0.2, 0) is 0 Å². The number of ketones is 1. The molecule has 0 bridgehead atoms. The van der Waals surface area contributed by atoms with Crippen LogP contribution in [0.3, 0.4) is 0 Å². The monoisotopic (exact) mass is 267 g/mol. The average Bonchev–Trinajstić information content (AvgIpc) is 2.38. The number of hydrogen-bond donors (Lipinski definition) is 0. The Labute approximate surface area is 113 Å². The molecule has 1 aromatic carbocycles. The maximum atomic E-state index is 12.5. The van der Waals surface area contributed by atoms with E-state index in [1.807, 2.05) is 0 Å². The Morgan fingerprint density at radius 1 is 1.50 bits per heavy atom. The van der Waals surface area contributed by atoms with Gasteiger partial charge in [0.25, 0.3) is 0 Å². The molecule has 1 heterocycles. The van der Waals surface area contributed by atoms with E-state index in [1.54, 1.807) is 25.3 Å². The zero-order valence-corrected chi connectivity index (χ0v) is 11.5. The third-order valence-corrected chi connectivity index (χ3v) is 3.66. The lowest BCUT2D eigenvalue weighted by molar-refractivity contribution is 0.0840. The molecular formula is C14H18ClNO2. The second kappa shape index (κ2) is 5.72. The summed E-state index contributed by atoms with van der Waals surface area (Å²) in [4.78, 5) is 14.7. The third kappa shape index (κ3) is 2.85. The molecule has 1 saturated heterocycles. The summed E-state index contributed by atoms with van der Waals surface area (Å²) in [6, 6.07) is 5.20. The van der Waals surface area contributed by atoms with Gasteiger partial charge in [-0.25, -0.2) is 0 Å². The summed E-state index contributed by atoms with van der Waals surface area (Å²) in [6.07, 6.45) is 2.01. The first-order valence-electron chi connectivity index (χ1n) is 6.18. The van der Waals surface area contributed by atoms with E-state index in [9.17, 15) is 4.79 Å². The van der Waals surface area contributed by atoms with Crippen molar-refractivity contribution < 1.29 is 9.53 Å². The van der Waals surface area contributed by atoms with E-state index in [4.69, 9.17) is 16.3 Å². The standard InChI is InChI=1S/C14H18ClNO2/c1-16-7-3-4-10(9-16)14(17)12-8-11(15)5-6-13(12)18-2/h5-6,8,10H,3-4,7,9H2,1-2H3/t10-/m1/s1. The SMILES string of the molecule is COc1ccc(Cl)cc1C(=O)[C@@H]1CCCN(C)C1. The normalized spacial score (nSPS) is 20.7. The van der Waals surface area contributed by atoms with Crippen LogP contribution in [0.5, 0.6) is 5.75 Å². The summed E-state index contributed by atoms with van der Waals surface area (Å²) in [6.45, 7) is 1.88. The van der Waals surface area contributed by atoms with Crippen LogP contribution in [0.2, 0.25) is 5.02 Å². The van der Waals surface area contributed by atoms with Gasteiger partial charge < -0.3 is 9.64 Å². The molecule has 2 rings (SSSR count). The summed E-state index contributed by atoms with van der Waals surface area (Å²) in [5.74, 6) is 0.801. The lowest BCUT2D eigenvalue weighted by Crippen LogP contribution is -2.36. The fourth-order valence-electron chi connectivity index (χ4n) is 2.47. The van der Waals surface area contributed by atoms with Gasteiger partial charge in [-0.2, -0.15) is 0 Å². The fourth-order valence-corrected chi connectivity index (χ4v) is 2.65. The number of nitrogens with zero attached hydrogens (tertiary/aromatic N) is 1. The lowest BCUT2D eigenvalue weighted by Gasteiger charge is -2.29. The van der Waals surface area contributed by atoms with Gasteiger partial charge in [-0.1, -0.05) is 11.6 Å². The number of ether oxygens (including phenoxy) is 1. The minimum atomic E-state index is 0.0520. The number of halogens is 1. The number of methoxy groups -OCH3 is 1. The Balaban J connectivity index is 2.24. The number of carbonyl (C=O) groups is 1. The molecule has 1 aromatic rings. The predicted octanol–water partition coefficient (Wildman–Crippen LogP) is 2.87. The van der Waals surface area contributed by atoms with Crippen molar-refractivity contribution in [1.82, 2.24) is 4.90 Å². The first-order chi connectivity index (χ1) is 8.61. The lowest BCUT2D eigenvalue weighted by atomic mass is 9.90. The highest BCUT2D eigenvalue weighted by atomic mass is 35.5. The molecule has 0 aromatic heterocycles. The molecule has 3 nitrogen and oxygen atoms in total.